The fourth-order valence-electron chi connectivity index (χ4n) is 1.08. The van der Waals surface area contributed by atoms with Crippen molar-refractivity contribution in [1.82, 2.24) is 0 Å². The molecule has 1 heteroatoms. The average Bonchev–Trinajstić information content (AvgIpc) is 2.05. The van der Waals surface area contributed by atoms with E-state index >= 15 is 0 Å². The zero-order chi connectivity index (χ0) is 6.81. The molecule has 2 rings (SSSR count). The number of benzene rings is 1. The molecule has 1 nitrogen and oxygen atoms in total. The molecule has 0 aromatic heterocycles. The van der Waals surface area contributed by atoms with E-state index in [-0.39, 0.29) is 0 Å². The Balaban J connectivity index is 2.84. The Morgan fingerprint density at radius 2 is 1.90 bits per heavy atom. The quantitative estimate of drug-likeness (QED) is 0.491. The van der Waals surface area contributed by atoms with Crippen LogP contribution in [0.1, 0.15) is 0 Å². The summed E-state index contributed by atoms with van der Waals surface area (Å²) in [6.07, 6.45) is 3.88. The van der Waals surface area contributed by atoms with E-state index in [4.69, 9.17) is 4.74 Å². The standard InChI is InChI=1S/C9H8O/c1-2-4-9-7-10-6-5-8(9)3-1/h1-5,7H,6H2. The van der Waals surface area contributed by atoms with Gasteiger partial charge in [0.2, 0.25) is 0 Å². The fourth-order valence-corrected chi connectivity index (χ4v) is 1.08. The maximum Gasteiger partial charge on any atom is 0.106 e. The van der Waals surface area contributed by atoms with Gasteiger partial charge in [0, 0.05) is 5.22 Å². The Labute approximate surface area is 59.3 Å². The van der Waals surface area contributed by atoms with Crippen molar-refractivity contribution >= 4 is 12.3 Å². The van der Waals surface area contributed by atoms with Crippen LogP contribution < -0.4 is 10.4 Å². The second-order valence-corrected chi connectivity index (χ2v) is 2.28. The van der Waals surface area contributed by atoms with Crippen LogP contribution >= 0.6 is 0 Å². The van der Waals surface area contributed by atoms with Crippen LogP contribution in [0.5, 0.6) is 0 Å². The molecular weight excluding hydrogens is 124 g/mol. The normalized spacial score (nSPS) is 14.0. The van der Waals surface area contributed by atoms with E-state index in [1.165, 1.54) is 10.4 Å². The highest BCUT2D eigenvalue weighted by atomic mass is 16.5. The van der Waals surface area contributed by atoms with Crippen molar-refractivity contribution in [3.63, 3.8) is 0 Å². The van der Waals surface area contributed by atoms with E-state index in [9.17, 15) is 0 Å². The molecule has 0 bridgehead atoms. The zero-order valence-electron chi connectivity index (χ0n) is 5.58. The summed E-state index contributed by atoms with van der Waals surface area (Å²) in [6, 6.07) is 8.19. The topological polar surface area (TPSA) is 9.23 Å². The molecule has 0 fully saturated rings. The van der Waals surface area contributed by atoms with Crippen molar-refractivity contribution in [1.29, 1.82) is 0 Å². The van der Waals surface area contributed by atoms with Gasteiger partial charge in [-0.1, -0.05) is 24.3 Å². The number of hydrogen-bond acceptors (Lipinski definition) is 1. The zero-order valence-corrected chi connectivity index (χ0v) is 5.58. The lowest BCUT2D eigenvalue weighted by molar-refractivity contribution is 0.346. The van der Waals surface area contributed by atoms with Gasteiger partial charge in [-0.2, -0.15) is 0 Å². The van der Waals surface area contributed by atoms with E-state index in [1.807, 2.05) is 18.2 Å². The van der Waals surface area contributed by atoms with E-state index in [2.05, 4.69) is 12.1 Å². The first-order valence-electron chi connectivity index (χ1n) is 3.34. The van der Waals surface area contributed by atoms with E-state index < -0.39 is 0 Å². The number of fused-ring (bicyclic) bond motifs is 1. The molecule has 1 aliphatic heterocycles. The predicted octanol–water partition coefficient (Wildman–Crippen LogP) is 0.235. The Morgan fingerprint density at radius 1 is 1.10 bits per heavy atom. The van der Waals surface area contributed by atoms with Gasteiger partial charge in [-0.3, -0.25) is 0 Å². The van der Waals surface area contributed by atoms with Gasteiger partial charge in [-0.05, 0) is 11.3 Å². The molecule has 0 amide bonds. The molecule has 1 aliphatic rings. The van der Waals surface area contributed by atoms with Crippen LogP contribution in [0, 0.1) is 0 Å². The second kappa shape index (κ2) is 2.18. The van der Waals surface area contributed by atoms with Gasteiger partial charge in [0.25, 0.3) is 0 Å². The van der Waals surface area contributed by atoms with Gasteiger partial charge in [0.15, 0.2) is 0 Å². The van der Waals surface area contributed by atoms with E-state index in [0.29, 0.717) is 6.61 Å². The van der Waals surface area contributed by atoms with E-state index in [1.54, 1.807) is 6.26 Å². The summed E-state index contributed by atoms with van der Waals surface area (Å²) in [4.78, 5) is 0. The van der Waals surface area contributed by atoms with Crippen molar-refractivity contribution in [2.24, 2.45) is 0 Å². The third kappa shape index (κ3) is 0.798. The van der Waals surface area contributed by atoms with Crippen LogP contribution in [0.15, 0.2) is 24.3 Å². The van der Waals surface area contributed by atoms with Crippen LogP contribution in [0.3, 0.4) is 0 Å². The summed E-state index contributed by atoms with van der Waals surface area (Å²) < 4.78 is 5.12. The number of ether oxygens (including phenoxy) is 1. The summed E-state index contributed by atoms with van der Waals surface area (Å²) in [5.41, 5.74) is 0. The lowest BCUT2D eigenvalue weighted by Crippen LogP contribution is -2.27. The Morgan fingerprint density at radius 3 is 2.70 bits per heavy atom. The summed E-state index contributed by atoms with van der Waals surface area (Å²) in [6.45, 7) is 0.705. The molecule has 0 unspecified atom stereocenters. The fraction of sp³-hybridized carbons (Fsp3) is 0.111. The molecule has 0 saturated heterocycles. The molecule has 0 N–H and O–H groups in total. The third-order valence-corrected chi connectivity index (χ3v) is 1.61. The first-order chi connectivity index (χ1) is 4.97. The highest BCUT2D eigenvalue weighted by Crippen LogP contribution is 1.82. The largest absolute Gasteiger partial charge is 0.496 e. The monoisotopic (exact) mass is 132 g/mol. The van der Waals surface area contributed by atoms with Crippen LogP contribution in [0.4, 0.5) is 0 Å². The highest BCUT2D eigenvalue weighted by molar-refractivity contribution is 5.33. The maximum absolute atomic E-state index is 5.12. The van der Waals surface area contributed by atoms with Crippen LogP contribution in [0.25, 0.3) is 12.3 Å². The van der Waals surface area contributed by atoms with Crippen molar-refractivity contribution < 1.29 is 4.74 Å². The van der Waals surface area contributed by atoms with Crippen LogP contribution in [-0.4, -0.2) is 6.61 Å². The molecule has 0 spiro atoms. The smallest absolute Gasteiger partial charge is 0.106 e. The Hall–Kier alpha value is -1.24. The van der Waals surface area contributed by atoms with Gasteiger partial charge in [0.1, 0.15) is 6.61 Å². The molecule has 0 radical (unpaired) electrons. The lowest BCUT2D eigenvalue weighted by Gasteiger charge is -2.00. The molecule has 50 valence electrons. The highest BCUT2D eigenvalue weighted by Gasteiger charge is 1.88. The minimum absolute atomic E-state index is 0.705. The molecule has 10 heavy (non-hydrogen) atoms. The summed E-state index contributed by atoms with van der Waals surface area (Å²) in [7, 11) is 0. The Bertz CT molecular complexity index is 303. The van der Waals surface area contributed by atoms with Gasteiger partial charge < -0.3 is 4.74 Å². The molecule has 1 aromatic carbocycles. The number of rotatable bonds is 0. The third-order valence-electron chi connectivity index (χ3n) is 1.61. The van der Waals surface area contributed by atoms with E-state index in [0.717, 1.165) is 0 Å². The maximum atomic E-state index is 5.12. The first kappa shape index (κ1) is 5.54. The van der Waals surface area contributed by atoms with Gasteiger partial charge in [-0.15, -0.1) is 0 Å². The summed E-state index contributed by atoms with van der Waals surface area (Å²) in [5, 5.41) is 2.45. The SMILES string of the molecule is C1=c2ccccc2=COC1. The molecule has 0 atom stereocenters. The van der Waals surface area contributed by atoms with Crippen molar-refractivity contribution in [2.45, 2.75) is 0 Å². The summed E-state index contributed by atoms with van der Waals surface area (Å²) >= 11 is 0. The van der Waals surface area contributed by atoms with Crippen molar-refractivity contribution in [3.8, 4) is 0 Å². The van der Waals surface area contributed by atoms with Gasteiger partial charge >= 0.3 is 0 Å². The molecule has 1 heterocycles. The first-order valence-corrected chi connectivity index (χ1v) is 3.34. The summed E-state index contributed by atoms with van der Waals surface area (Å²) in [5.74, 6) is 0. The van der Waals surface area contributed by atoms with Crippen LogP contribution in [0.2, 0.25) is 0 Å². The second-order valence-electron chi connectivity index (χ2n) is 2.28. The molecule has 0 saturated carbocycles. The number of hydrogen-bond donors (Lipinski definition) is 0. The molecule has 0 aliphatic carbocycles. The minimum atomic E-state index is 0.705. The Kier molecular flexibility index (Phi) is 1.21. The van der Waals surface area contributed by atoms with Gasteiger partial charge in [-0.25, -0.2) is 0 Å². The molecule has 1 aromatic rings. The lowest BCUT2D eigenvalue weighted by atomic mass is 10.2. The minimum Gasteiger partial charge on any atom is -0.496 e. The predicted molar refractivity (Wildman–Crippen MR) is 40.6 cm³/mol. The average molecular weight is 132 g/mol. The van der Waals surface area contributed by atoms with Crippen molar-refractivity contribution in [2.75, 3.05) is 6.61 Å². The van der Waals surface area contributed by atoms with Gasteiger partial charge in [0.05, 0.1) is 6.26 Å². The van der Waals surface area contributed by atoms with Crippen molar-refractivity contribution in [3.05, 3.63) is 34.7 Å². The molecular formula is C9H8O. The van der Waals surface area contributed by atoms with Crippen LogP contribution in [-0.2, 0) is 4.74 Å².